The summed E-state index contributed by atoms with van der Waals surface area (Å²) in [6.45, 7) is 1.89. The average Bonchev–Trinajstić information content (AvgIpc) is 2.36. The van der Waals surface area contributed by atoms with Crippen molar-refractivity contribution in [2.75, 3.05) is 6.61 Å². The maximum Gasteiger partial charge on any atom is 0.509 e. The molecule has 0 heterocycles. The number of rotatable bonds is 4. The molecule has 4 heteroatoms. The lowest BCUT2D eigenvalue weighted by molar-refractivity contribution is 0.0537. The highest BCUT2D eigenvalue weighted by Crippen LogP contribution is 2.04. The van der Waals surface area contributed by atoms with Crippen molar-refractivity contribution in [2.45, 2.75) is 13.0 Å². The summed E-state index contributed by atoms with van der Waals surface area (Å²) in [6, 6.07) is 11.3. The van der Waals surface area contributed by atoms with Gasteiger partial charge in [-0.15, -0.1) is 0 Å². The molecule has 0 radical (unpaired) electrons. The van der Waals surface area contributed by atoms with Gasteiger partial charge >= 0.3 is 6.16 Å². The lowest BCUT2D eigenvalue weighted by atomic mass is 10.2. The second kappa shape index (κ2) is 7.07. The number of ether oxygens (including phenoxy) is 2. The van der Waals surface area contributed by atoms with Crippen LogP contribution in [0.15, 0.2) is 36.4 Å². The van der Waals surface area contributed by atoms with Crippen LogP contribution in [-0.2, 0) is 9.47 Å². The van der Waals surface area contributed by atoms with E-state index in [9.17, 15) is 4.79 Å². The van der Waals surface area contributed by atoms with Gasteiger partial charge in [-0.25, -0.2) is 4.79 Å². The Morgan fingerprint density at radius 2 is 2.18 bits per heavy atom. The van der Waals surface area contributed by atoms with Crippen LogP contribution in [-0.4, -0.2) is 18.9 Å². The maximum absolute atomic E-state index is 11.0. The molecule has 1 aromatic rings. The zero-order valence-corrected chi connectivity index (χ0v) is 9.50. The molecule has 0 amide bonds. The van der Waals surface area contributed by atoms with Crippen LogP contribution >= 0.6 is 0 Å². The summed E-state index contributed by atoms with van der Waals surface area (Å²) in [5, 5.41) is 8.79. The minimum absolute atomic E-state index is 0.222. The molecule has 1 rings (SSSR count). The highest BCUT2D eigenvalue weighted by atomic mass is 16.7. The molecule has 0 saturated heterocycles. The molecule has 1 unspecified atom stereocenters. The van der Waals surface area contributed by atoms with E-state index in [0.717, 1.165) is 5.56 Å². The number of benzene rings is 1. The van der Waals surface area contributed by atoms with Crippen LogP contribution in [0.5, 0.6) is 0 Å². The van der Waals surface area contributed by atoms with Crippen molar-refractivity contribution in [1.29, 1.82) is 5.26 Å². The number of carbonyl (C=O) groups excluding carboxylic acids is 1. The Balaban J connectivity index is 2.56. The number of carbonyl (C=O) groups is 1. The minimum atomic E-state index is -0.936. The van der Waals surface area contributed by atoms with E-state index in [1.165, 1.54) is 6.08 Å². The fourth-order valence-electron chi connectivity index (χ4n) is 1.13. The van der Waals surface area contributed by atoms with Gasteiger partial charge < -0.3 is 9.47 Å². The van der Waals surface area contributed by atoms with Gasteiger partial charge in [0.05, 0.1) is 6.61 Å². The minimum Gasteiger partial charge on any atom is -0.435 e. The summed E-state index contributed by atoms with van der Waals surface area (Å²) in [7, 11) is 0. The first-order valence-corrected chi connectivity index (χ1v) is 5.22. The Bertz CT molecular complexity index is 420. The molecule has 88 valence electrons. The van der Waals surface area contributed by atoms with Gasteiger partial charge in [0, 0.05) is 0 Å². The smallest absolute Gasteiger partial charge is 0.435 e. The van der Waals surface area contributed by atoms with E-state index in [2.05, 4.69) is 4.74 Å². The third-order valence-electron chi connectivity index (χ3n) is 1.88. The Kier molecular flexibility index (Phi) is 5.32. The topological polar surface area (TPSA) is 59.3 Å². The van der Waals surface area contributed by atoms with Crippen molar-refractivity contribution in [2.24, 2.45) is 0 Å². The highest BCUT2D eigenvalue weighted by molar-refractivity contribution is 5.61. The van der Waals surface area contributed by atoms with Gasteiger partial charge in [0.1, 0.15) is 6.07 Å². The van der Waals surface area contributed by atoms with E-state index < -0.39 is 12.3 Å². The third kappa shape index (κ3) is 4.85. The molecule has 0 aliphatic rings. The van der Waals surface area contributed by atoms with Gasteiger partial charge in [0.15, 0.2) is 0 Å². The lowest BCUT2D eigenvalue weighted by Gasteiger charge is -2.06. The van der Waals surface area contributed by atoms with Gasteiger partial charge in [0.25, 0.3) is 0 Å². The molecule has 0 aliphatic carbocycles. The van der Waals surface area contributed by atoms with Crippen molar-refractivity contribution in [1.82, 2.24) is 0 Å². The normalized spacial score (nSPS) is 11.8. The predicted molar refractivity (Wildman–Crippen MR) is 63.0 cm³/mol. The molecule has 0 spiro atoms. The van der Waals surface area contributed by atoms with Gasteiger partial charge in [-0.3, -0.25) is 0 Å². The Labute approximate surface area is 100 Å². The molecule has 0 fully saturated rings. The molecule has 0 bridgehead atoms. The molecule has 0 saturated carbocycles. The first kappa shape index (κ1) is 12.8. The van der Waals surface area contributed by atoms with Gasteiger partial charge in [-0.1, -0.05) is 36.4 Å². The molecular formula is C13H13NO3. The average molecular weight is 231 g/mol. The van der Waals surface area contributed by atoms with Crippen LogP contribution in [0.3, 0.4) is 0 Å². The fraction of sp³-hybridized carbons (Fsp3) is 0.231. The van der Waals surface area contributed by atoms with Gasteiger partial charge in [-0.2, -0.15) is 5.26 Å². The van der Waals surface area contributed by atoms with E-state index in [1.54, 1.807) is 13.0 Å². The zero-order chi connectivity index (χ0) is 12.5. The van der Waals surface area contributed by atoms with Crippen LogP contribution in [0, 0.1) is 11.3 Å². The molecule has 1 atom stereocenters. The van der Waals surface area contributed by atoms with Crippen molar-refractivity contribution in [3.8, 4) is 6.07 Å². The quantitative estimate of drug-likeness (QED) is 0.747. The zero-order valence-electron chi connectivity index (χ0n) is 9.50. The van der Waals surface area contributed by atoms with Crippen molar-refractivity contribution < 1.29 is 14.3 Å². The van der Waals surface area contributed by atoms with Gasteiger partial charge in [0.2, 0.25) is 6.10 Å². The van der Waals surface area contributed by atoms with Gasteiger partial charge in [-0.05, 0) is 18.6 Å². The van der Waals surface area contributed by atoms with Crippen molar-refractivity contribution in [3.05, 3.63) is 42.0 Å². The van der Waals surface area contributed by atoms with Crippen LogP contribution < -0.4 is 0 Å². The number of hydrogen-bond acceptors (Lipinski definition) is 4. The SMILES string of the molecule is CCOC(=O)OC(C#N)/C=C/c1ccccc1. The molecule has 17 heavy (non-hydrogen) atoms. The molecule has 0 aliphatic heterocycles. The fourth-order valence-corrected chi connectivity index (χ4v) is 1.13. The maximum atomic E-state index is 11.0. The Hall–Kier alpha value is -2.28. The first-order chi connectivity index (χ1) is 8.26. The predicted octanol–water partition coefficient (Wildman–Crippen LogP) is 2.77. The number of nitrogens with zero attached hydrogens (tertiary/aromatic N) is 1. The van der Waals surface area contributed by atoms with Crippen molar-refractivity contribution in [3.63, 3.8) is 0 Å². The van der Waals surface area contributed by atoms with E-state index in [-0.39, 0.29) is 6.61 Å². The van der Waals surface area contributed by atoms with E-state index in [0.29, 0.717) is 0 Å². The van der Waals surface area contributed by atoms with E-state index in [1.807, 2.05) is 36.4 Å². The summed E-state index contributed by atoms with van der Waals surface area (Å²) in [6.07, 6.45) is 1.45. The molecular weight excluding hydrogens is 218 g/mol. The Morgan fingerprint density at radius 3 is 2.76 bits per heavy atom. The number of nitriles is 1. The van der Waals surface area contributed by atoms with Crippen molar-refractivity contribution >= 4 is 12.2 Å². The standard InChI is InChI=1S/C13H13NO3/c1-2-16-13(15)17-12(10-14)9-8-11-6-4-3-5-7-11/h3-9,12H,2H2,1H3/b9-8+. The second-order valence-corrected chi connectivity index (χ2v) is 3.12. The monoisotopic (exact) mass is 231 g/mol. The summed E-state index contributed by atoms with van der Waals surface area (Å²) in [4.78, 5) is 11.0. The molecule has 0 aromatic heterocycles. The summed E-state index contributed by atoms with van der Waals surface area (Å²) in [5.41, 5.74) is 0.931. The van der Waals surface area contributed by atoms with Crippen LogP contribution in [0.2, 0.25) is 0 Å². The van der Waals surface area contributed by atoms with E-state index >= 15 is 0 Å². The number of hydrogen-bond donors (Lipinski definition) is 0. The summed E-state index contributed by atoms with van der Waals surface area (Å²) < 4.78 is 9.33. The summed E-state index contributed by atoms with van der Waals surface area (Å²) >= 11 is 0. The first-order valence-electron chi connectivity index (χ1n) is 5.22. The highest BCUT2D eigenvalue weighted by Gasteiger charge is 2.10. The molecule has 0 N–H and O–H groups in total. The molecule has 1 aromatic carbocycles. The Morgan fingerprint density at radius 1 is 1.47 bits per heavy atom. The largest absolute Gasteiger partial charge is 0.509 e. The van der Waals surface area contributed by atoms with Crippen LogP contribution in [0.25, 0.3) is 6.08 Å². The third-order valence-corrected chi connectivity index (χ3v) is 1.88. The second-order valence-electron chi connectivity index (χ2n) is 3.12. The van der Waals surface area contributed by atoms with Crippen LogP contribution in [0.1, 0.15) is 12.5 Å². The van der Waals surface area contributed by atoms with Crippen LogP contribution in [0.4, 0.5) is 4.79 Å². The molecule has 4 nitrogen and oxygen atoms in total. The lowest BCUT2D eigenvalue weighted by Crippen LogP contribution is -2.15. The summed E-state index contributed by atoms with van der Waals surface area (Å²) in [5.74, 6) is 0. The van der Waals surface area contributed by atoms with E-state index in [4.69, 9.17) is 10.00 Å².